The minimum absolute atomic E-state index is 0.0614. The second kappa shape index (κ2) is 5.47. The maximum Gasteiger partial charge on any atom is 0.160 e. The molecule has 0 unspecified atom stereocenters. The number of benzene rings is 1. The van der Waals surface area contributed by atoms with Gasteiger partial charge in [-0.2, -0.15) is 0 Å². The normalized spacial score (nSPS) is 10.2. The van der Waals surface area contributed by atoms with Crippen molar-refractivity contribution in [2.45, 2.75) is 16.8 Å². The van der Waals surface area contributed by atoms with E-state index in [0.717, 1.165) is 14.4 Å². The maximum atomic E-state index is 11.3. The summed E-state index contributed by atoms with van der Waals surface area (Å²) in [4.78, 5) is 16.6. The van der Waals surface area contributed by atoms with Crippen LogP contribution in [-0.2, 0) is 0 Å². The summed E-state index contributed by atoms with van der Waals surface area (Å²) >= 11 is 4.98. The molecule has 0 saturated heterocycles. The second-order valence-electron chi connectivity index (χ2n) is 3.47. The first-order valence-electron chi connectivity index (χ1n) is 5.06. The highest BCUT2D eigenvalue weighted by molar-refractivity contribution is 9.10. The Labute approximate surface area is 113 Å². The molecule has 1 aromatic carbocycles. The minimum Gasteiger partial charge on any atom is -0.294 e. The molecular weight excluding hydrogens is 298 g/mol. The zero-order valence-corrected chi connectivity index (χ0v) is 11.6. The van der Waals surface area contributed by atoms with Crippen molar-refractivity contribution in [1.29, 1.82) is 0 Å². The fraction of sp³-hybridized carbons (Fsp3) is 0.0769. The topological polar surface area (TPSA) is 30.0 Å². The molecule has 0 spiro atoms. The Kier molecular flexibility index (Phi) is 3.97. The van der Waals surface area contributed by atoms with Crippen molar-refractivity contribution in [3.8, 4) is 0 Å². The number of Topliss-reactive ketones (excluding diaryl/α,β-unsaturated/α-hetero) is 1. The molecule has 0 amide bonds. The first-order chi connectivity index (χ1) is 8.16. The number of hydrogen-bond acceptors (Lipinski definition) is 3. The minimum atomic E-state index is 0.0614. The van der Waals surface area contributed by atoms with Gasteiger partial charge in [0.15, 0.2) is 5.78 Å². The number of pyridine rings is 1. The molecule has 1 heterocycles. The van der Waals surface area contributed by atoms with Crippen LogP contribution >= 0.6 is 27.7 Å². The lowest BCUT2D eigenvalue weighted by atomic mass is 10.2. The monoisotopic (exact) mass is 307 g/mol. The smallest absolute Gasteiger partial charge is 0.160 e. The van der Waals surface area contributed by atoms with E-state index in [2.05, 4.69) is 20.9 Å². The summed E-state index contributed by atoms with van der Waals surface area (Å²) in [6, 6.07) is 11.5. The number of ketones is 1. The molecule has 0 aliphatic rings. The molecule has 4 heteroatoms. The van der Waals surface area contributed by atoms with Crippen LogP contribution in [0.2, 0.25) is 0 Å². The zero-order valence-electron chi connectivity index (χ0n) is 9.18. The maximum absolute atomic E-state index is 11.3. The largest absolute Gasteiger partial charge is 0.294 e. The van der Waals surface area contributed by atoms with E-state index in [1.54, 1.807) is 24.9 Å². The number of carbonyl (C=O) groups is 1. The van der Waals surface area contributed by atoms with Gasteiger partial charge in [0.25, 0.3) is 0 Å². The van der Waals surface area contributed by atoms with Crippen LogP contribution in [-0.4, -0.2) is 10.8 Å². The molecule has 0 radical (unpaired) electrons. The van der Waals surface area contributed by atoms with E-state index in [0.29, 0.717) is 5.56 Å². The van der Waals surface area contributed by atoms with Crippen molar-refractivity contribution < 1.29 is 4.79 Å². The number of aromatic nitrogens is 1. The highest BCUT2D eigenvalue weighted by Crippen LogP contribution is 2.29. The Morgan fingerprint density at radius 2 is 2.12 bits per heavy atom. The standard InChI is InChI=1S/C13H10BrNOS/c1-9(16)11-6-5-10(8-12(11)14)17-13-4-2-3-7-15-13/h2-8H,1H3. The van der Waals surface area contributed by atoms with E-state index < -0.39 is 0 Å². The zero-order chi connectivity index (χ0) is 12.3. The molecule has 2 aromatic rings. The Balaban J connectivity index is 2.24. The van der Waals surface area contributed by atoms with Crippen LogP contribution in [0.15, 0.2) is 57.0 Å². The molecule has 0 bridgehead atoms. The summed E-state index contributed by atoms with van der Waals surface area (Å²) in [5.41, 5.74) is 0.704. The number of nitrogens with zero attached hydrogens (tertiary/aromatic N) is 1. The number of hydrogen-bond donors (Lipinski definition) is 0. The first-order valence-corrected chi connectivity index (χ1v) is 6.67. The predicted molar refractivity (Wildman–Crippen MR) is 72.5 cm³/mol. The van der Waals surface area contributed by atoms with Gasteiger partial charge in [-0.3, -0.25) is 4.79 Å². The van der Waals surface area contributed by atoms with Crippen LogP contribution in [0.4, 0.5) is 0 Å². The molecule has 1 aromatic heterocycles. The summed E-state index contributed by atoms with van der Waals surface area (Å²) in [5.74, 6) is 0.0614. The Bertz CT molecular complexity index is 542. The van der Waals surface area contributed by atoms with E-state index in [9.17, 15) is 4.79 Å². The highest BCUT2D eigenvalue weighted by Gasteiger charge is 2.06. The van der Waals surface area contributed by atoms with Crippen LogP contribution in [0.1, 0.15) is 17.3 Å². The summed E-state index contributed by atoms with van der Waals surface area (Å²) < 4.78 is 0.825. The fourth-order valence-corrected chi connectivity index (χ4v) is 3.00. The molecule has 17 heavy (non-hydrogen) atoms. The number of rotatable bonds is 3. The van der Waals surface area contributed by atoms with Crippen LogP contribution in [0.3, 0.4) is 0 Å². The van der Waals surface area contributed by atoms with Crippen molar-refractivity contribution in [2.75, 3.05) is 0 Å². The molecule has 0 aliphatic heterocycles. The first kappa shape index (κ1) is 12.3. The van der Waals surface area contributed by atoms with Crippen molar-refractivity contribution in [3.63, 3.8) is 0 Å². The van der Waals surface area contributed by atoms with E-state index in [-0.39, 0.29) is 5.78 Å². The number of carbonyl (C=O) groups excluding carboxylic acids is 1. The molecule has 86 valence electrons. The van der Waals surface area contributed by atoms with Gasteiger partial charge in [0.05, 0.1) is 0 Å². The van der Waals surface area contributed by atoms with E-state index >= 15 is 0 Å². The van der Waals surface area contributed by atoms with Gasteiger partial charge in [-0.15, -0.1) is 0 Å². The van der Waals surface area contributed by atoms with Gasteiger partial charge in [-0.25, -0.2) is 4.98 Å². The van der Waals surface area contributed by atoms with Crippen molar-refractivity contribution in [2.24, 2.45) is 0 Å². The number of halogens is 1. The molecule has 0 atom stereocenters. The fourth-order valence-electron chi connectivity index (χ4n) is 1.37. The van der Waals surface area contributed by atoms with Crippen LogP contribution in [0.5, 0.6) is 0 Å². The molecule has 2 nitrogen and oxygen atoms in total. The van der Waals surface area contributed by atoms with Gasteiger partial charge in [0.2, 0.25) is 0 Å². The lowest BCUT2D eigenvalue weighted by Crippen LogP contribution is -1.93. The summed E-state index contributed by atoms with van der Waals surface area (Å²) in [5, 5.41) is 0.940. The molecular formula is C13H10BrNOS. The van der Waals surface area contributed by atoms with Crippen LogP contribution < -0.4 is 0 Å². The van der Waals surface area contributed by atoms with Gasteiger partial charge in [0, 0.05) is 21.1 Å². The van der Waals surface area contributed by atoms with Gasteiger partial charge in [0.1, 0.15) is 5.03 Å². The van der Waals surface area contributed by atoms with E-state index in [1.165, 1.54) is 0 Å². The molecule has 0 fully saturated rings. The summed E-state index contributed by atoms with van der Waals surface area (Å²) in [6.07, 6.45) is 1.77. The Hall–Kier alpha value is -1.13. The van der Waals surface area contributed by atoms with Crippen molar-refractivity contribution >= 4 is 33.5 Å². The van der Waals surface area contributed by atoms with Gasteiger partial charge >= 0.3 is 0 Å². The van der Waals surface area contributed by atoms with Crippen molar-refractivity contribution in [3.05, 3.63) is 52.6 Å². The van der Waals surface area contributed by atoms with Crippen LogP contribution in [0, 0.1) is 0 Å². The average molecular weight is 308 g/mol. The molecule has 0 N–H and O–H groups in total. The van der Waals surface area contributed by atoms with Gasteiger partial charge in [-0.05, 0) is 37.3 Å². The highest BCUT2D eigenvalue weighted by atomic mass is 79.9. The third-order valence-electron chi connectivity index (χ3n) is 2.18. The molecule has 0 saturated carbocycles. The Morgan fingerprint density at radius 3 is 2.71 bits per heavy atom. The molecule has 2 rings (SSSR count). The lowest BCUT2D eigenvalue weighted by Gasteiger charge is -2.04. The third-order valence-corrected chi connectivity index (χ3v) is 3.78. The summed E-state index contributed by atoms with van der Waals surface area (Å²) in [6.45, 7) is 1.56. The lowest BCUT2D eigenvalue weighted by molar-refractivity contribution is 0.101. The average Bonchev–Trinajstić information content (AvgIpc) is 2.30. The third kappa shape index (κ3) is 3.17. The Morgan fingerprint density at radius 1 is 1.29 bits per heavy atom. The SMILES string of the molecule is CC(=O)c1ccc(Sc2ccccn2)cc1Br. The van der Waals surface area contributed by atoms with Gasteiger partial charge < -0.3 is 0 Å². The van der Waals surface area contributed by atoms with Crippen LogP contribution in [0.25, 0.3) is 0 Å². The van der Waals surface area contributed by atoms with E-state index in [4.69, 9.17) is 0 Å². The predicted octanol–water partition coefficient (Wildman–Crippen LogP) is 4.20. The van der Waals surface area contributed by atoms with Crippen molar-refractivity contribution in [1.82, 2.24) is 4.98 Å². The van der Waals surface area contributed by atoms with E-state index in [1.807, 2.05) is 36.4 Å². The van der Waals surface area contributed by atoms with Gasteiger partial charge in [-0.1, -0.05) is 33.8 Å². The second-order valence-corrected chi connectivity index (χ2v) is 5.42. The summed E-state index contributed by atoms with van der Waals surface area (Å²) in [7, 11) is 0. The quantitative estimate of drug-likeness (QED) is 0.796. The molecule has 0 aliphatic carbocycles.